The van der Waals surface area contributed by atoms with Crippen LogP contribution in [0.4, 0.5) is 26.2 Å². The third-order valence-corrected chi connectivity index (χ3v) is 9.70. The number of alkyl halides is 2. The third kappa shape index (κ3) is 6.58. The number of hydrogen-bond donors (Lipinski definition) is 1. The predicted octanol–water partition coefficient (Wildman–Crippen LogP) is 4.38. The average molecular weight is 676 g/mol. The summed E-state index contributed by atoms with van der Waals surface area (Å²) in [6.07, 6.45) is 7.18. The number of hydrogen-bond acceptors (Lipinski definition) is 9. The van der Waals surface area contributed by atoms with Gasteiger partial charge in [-0.05, 0) is 48.9 Å². The molecule has 15 heteroatoms. The zero-order valence-electron chi connectivity index (χ0n) is 27.6. The van der Waals surface area contributed by atoms with Crippen molar-refractivity contribution in [2.75, 3.05) is 42.6 Å². The number of halogens is 2. The van der Waals surface area contributed by atoms with E-state index in [1.807, 2.05) is 20.5 Å². The average Bonchev–Trinajstić information content (AvgIpc) is 3.70. The molecule has 0 atom stereocenters. The quantitative estimate of drug-likeness (QED) is 0.272. The first-order valence-electron chi connectivity index (χ1n) is 16.6. The molecule has 3 aliphatic rings. The molecule has 1 N–H and O–H groups in total. The van der Waals surface area contributed by atoms with Crippen LogP contribution < -0.4 is 9.80 Å². The van der Waals surface area contributed by atoms with Gasteiger partial charge in [0.25, 0.3) is 6.43 Å². The lowest BCUT2D eigenvalue weighted by Crippen LogP contribution is -2.38. The normalized spacial score (nSPS) is 16.6. The Balaban J connectivity index is 1.09. The van der Waals surface area contributed by atoms with Crippen LogP contribution in [0.15, 0.2) is 36.9 Å². The van der Waals surface area contributed by atoms with E-state index < -0.39 is 12.4 Å². The molecule has 0 radical (unpaired) electrons. The van der Waals surface area contributed by atoms with Gasteiger partial charge in [-0.2, -0.15) is 10.2 Å². The molecule has 0 aliphatic carbocycles. The molecule has 258 valence electrons. The summed E-state index contributed by atoms with van der Waals surface area (Å²) >= 11 is 0. The number of piperidine rings is 1. The van der Waals surface area contributed by atoms with Gasteiger partial charge in [-0.25, -0.2) is 23.5 Å². The Bertz CT molecular complexity index is 1850. The fourth-order valence-corrected chi connectivity index (χ4v) is 7.13. The highest BCUT2D eigenvalue weighted by Gasteiger charge is 2.32. The van der Waals surface area contributed by atoms with E-state index in [4.69, 9.17) is 14.9 Å². The summed E-state index contributed by atoms with van der Waals surface area (Å²) in [5, 5.41) is 18.4. The monoisotopic (exact) mass is 675 g/mol. The van der Waals surface area contributed by atoms with E-state index in [9.17, 15) is 18.4 Å². The fourth-order valence-electron chi connectivity index (χ4n) is 7.13. The molecule has 1 fully saturated rings. The minimum Gasteiger partial charge on any atom is -0.478 e. The first-order valence-corrected chi connectivity index (χ1v) is 16.6. The van der Waals surface area contributed by atoms with Crippen LogP contribution in [0.1, 0.15) is 65.4 Å². The van der Waals surface area contributed by atoms with Gasteiger partial charge in [-0.1, -0.05) is 0 Å². The number of aromatic carboxylic acids is 1. The minimum atomic E-state index is -2.67. The van der Waals surface area contributed by atoms with E-state index in [1.165, 1.54) is 12.4 Å². The number of carbonyl (C=O) groups is 2. The number of carboxylic acids is 1. The van der Waals surface area contributed by atoms with E-state index in [0.717, 1.165) is 48.2 Å². The first kappa shape index (κ1) is 32.6. The summed E-state index contributed by atoms with van der Waals surface area (Å²) in [7, 11) is 1.77. The van der Waals surface area contributed by atoms with Crippen molar-refractivity contribution in [1.29, 1.82) is 0 Å². The molecule has 13 nitrogen and oxygen atoms in total. The Kier molecular flexibility index (Phi) is 9.01. The SMILES string of the molecule is CC(=O)N1CCc2c(c(N3CCCc4cc(-c5cnn(C)c5)c(C(F)F)cc43)nn2CCOC2CCN(c3ncc(C(=O)O)cn3)CC2)C1. The highest BCUT2D eigenvalue weighted by atomic mass is 19.3. The van der Waals surface area contributed by atoms with Crippen molar-refractivity contribution in [3.05, 3.63) is 64.9 Å². The van der Waals surface area contributed by atoms with Crippen LogP contribution in [0.3, 0.4) is 0 Å². The summed E-state index contributed by atoms with van der Waals surface area (Å²) in [5.74, 6) is 0.144. The number of rotatable bonds is 9. The standard InChI is InChI=1S/C34H39F2N9O4/c1-21(46)43-11-7-29-28(20-43)32(44-8-3-4-22-14-26(24-18-39-41(2)19-24)27(31(35)36)15-30(22)44)40-45(29)12-13-49-25-5-9-42(10-6-25)34-37-16-23(17-38-34)33(47)48/h14-19,25,31H,3-13,20H2,1-2H3,(H,47,48). The topological polar surface area (TPSA) is 135 Å². The van der Waals surface area contributed by atoms with E-state index in [2.05, 4.69) is 20.0 Å². The van der Waals surface area contributed by atoms with Gasteiger partial charge < -0.3 is 24.5 Å². The Morgan fingerprint density at radius 2 is 1.84 bits per heavy atom. The van der Waals surface area contributed by atoms with Gasteiger partial charge in [-0.3, -0.25) is 14.2 Å². The van der Waals surface area contributed by atoms with Gasteiger partial charge >= 0.3 is 5.97 Å². The van der Waals surface area contributed by atoms with Gasteiger partial charge in [0.2, 0.25) is 11.9 Å². The van der Waals surface area contributed by atoms with Crippen LogP contribution in [0.5, 0.6) is 0 Å². The molecular weight excluding hydrogens is 636 g/mol. The molecule has 1 amide bonds. The van der Waals surface area contributed by atoms with E-state index in [1.54, 1.807) is 37.1 Å². The number of aromatic nitrogens is 6. The smallest absolute Gasteiger partial charge is 0.338 e. The third-order valence-electron chi connectivity index (χ3n) is 9.70. The second-order valence-electron chi connectivity index (χ2n) is 12.8. The van der Waals surface area contributed by atoms with Crippen LogP contribution in [-0.4, -0.2) is 90.3 Å². The maximum absolute atomic E-state index is 14.5. The van der Waals surface area contributed by atoms with Crippen molar-refractivity contribution in [2.45, 2.75) is 64.6 Å². The van der Waals surface area contributed by atoms with Gasteiger partial charge in [0.15, 0.2) is 5.82 Å². The molecule has 0 bridgehead atoms. The Hall–Kier alpha value is -4.92. The number of carboxylic acid groups (broad SMARTS) is 1. The molecular formula is C34H39F2N9O4. The zero-order chi connectivity index (χ0) is 34.2. The van der Waals surface area contributed by atoms with Gasteiger partial charge in [-0.15, -0.1) is 0 Å². The highest BCUT2D eigenvalue weighted by molar-refractivity contribution is 5.86. The van der Waals surface area contributed by atoms with Crippen LogP contribution in [0.25, 0.3) is 11.1 Å². The maximum atomic E-state index is 14.5. The lowest BCUT2D eigenvalue weighted by atomic mass is 9.92. The molecule has 0 saturated carbocycles. The molecule has 0 unspecified atom stereocenters. The van der Waals surface area contributed by atoms with Crippen LogP contribution >= 0.6 is 0 Å². The summed E-state index contributed by atoms with van der Waals surface area (Å²) < 4.78 is 38.9. The summed E-state index contributed by atoms with van der Waals surface area (Å²) in [4.78, 5) is 37.9. The van der Waals surface area contributed by atoms with E-state index in [0.29, 0.717) is 75.2 Å². The molecule has 4 aromatic rings. The van der Waals surface area contributed by atoms with Crippen LogP contribution in [0, 0.1) is 0 Å². The zero-order valence-corrected chi connectivity index (χ0v) is 27.6. The van der Waals surface area contributed by atoms with Crippen molar-refractivity contribution in [3.63, 3.8) is 0 Å². The van der Waals surface area contributed by atoms with Gasteiger partial charge in [0.1, 0.15) is 0 Å². The lowest BCUT2D eigenvalue weighted by molar-refractivity contribution is -0.129. The van der Waals surface area contributed by atoms with Gasteiger partial charge in [0, 0.05) is 93.2 Å². The predicted molar refractivity (Wildman–Crippen MR) is 176 cm³/mol. The van der Waals surface area contributed by atoms with Gasteiger partial charge in [0.05, 0.1) is 37.6 Å². The molecule has 3 aliphatic heterocycles. The number of benzene rings is 1. The number of anilines is 3. The number of amides is 1. The minimum absolute atomic E-state index is 0.0117. The number of ether oxygens (including phenoxy) is 1. The molecule has 0 spiro atoms. The van der Waals surface area contributed by atoms with Crippen LogP contribution in [0.2, 0.25) is 0 Å². The molecule has 6 heterocycles. The second kappa shape index (κ2) is 13.5. The summed E-state index contributed by atoms with van der Waals surface area (Å²) in [6.45, 7) is 5.54. The molecule has 3 aromatic heterocycles. The summed E-state index contributed by atoms with van der Waals surface area (Å²) in [6, 6.07) is 3.49. The number of aryl methyl sites for hydroxylation is 2. The number of fused-ring (bicyclic) bond motifs is 2. The first-order chi connectivity index (χ1) is 23.7. The van der Waals surface area contributed by atoms with Crippen molar-refractivity contribution in [3.8, 4) is 11.1 Å². The molecule has 7 rings (SSSR count). The Morgan fingerprint density at radius 1 is 1.06 bits per heavy atom. The van der Waals surface area contributed by atoms with Crippen molar-refractivity contribution in [1.82, 2.24) is 34.4 Å². The Morgan fingerprint density at radius 3 is 2.51 bits per heavy atom. The summed E-state index contributed by atoms with van der Waals surface area (Å²) in [5.41, 5.74) is 4.86. The molecule has 1 aromatic carbocycles. The Labute approximate surface area is 282 Å². The van der Waals surface area contributed by atoms with E-state index >= 15 is 0 Å². The lowest BCUT2D eigenvalue weighted by Gasteiger charge is -2.33. The molecule has 1 saturated heterocycles. The number of nitrogens with zero attached hydrogens (tertiary/aromatic N) is 9. The van der Waals surface area contributed by atoms with Crippen LogP contribution in [-0.2, 0) is 42.5 Å². The van der Waals surface area contributed by atoms with Crippen molar-refractivity contribution < 1.29 is 28.2 Å². The van der Waals surface area contributed by atoms with Crippen molar-refractivity contribution in [2.24, 2.45) is 7.05 Å². The second-order valence-corrected chi connectivity index (χ2v) is 12.8. The fraction of sp³-hybridized carbons (Fsp3) is 0.471. The molecule has 49 heavy (non-hydrogen) atoms. The van der Waals surface area contributed by atoms with E-state index in [-0.39, 0.29) is 23.1 Å². The maximum Gasteiger partial charge on any atom is 0.338 e. The largest absolute Gasteiger partial charge is 0.478 e. The number of carbonyl (C=O) groups excluding carboxylic acids is 1. The van der Waals surface area contributed by atoms with Crippen molar-refractivity contribution >= 4 is 29.3 Å². The highest BCUT2D eigenvalue weighted by Crippen LogP contribution is 2.43.